The smallest absolute Gasteiger partial charge is 0.331 e. The molecular weight excluding hydrogens is 333 g/mol. The topological polar surface area (TPSA) is 56.3 Å². The predicted octanol–water partition coefficient (Wildman–Crippen LogP) is 4.20. The summed E-state index contributed by atoms with van der Waals surface area (Å²) in [5, 5.41) is 0.961. The highest BCUT2D eigenvalue weighted by atomic mass is 19.1. The van der Waals surface area contributed by atoms with Crippen LogP contribution in [0.2, 0.25) is 0 Å². The third-order valence-electron chi connectivity index (χ3n) is 3.85. The molecule has 0 saturated carbocycles. The minimum Gasteiger partial charge on any atom is -0.451 e. The Balaban J connectivity index is 1.68. The largest absolute Gasteiger partial charge is 0.451 e. The molecule has 1 aromatic heterocycles. The molecule has 0 amide bonds. The van der Waals surface area contributed by atoms with Gasteiger partial charge in [-0.05, 0) is 43.3 Å². The van der Waals surface area contributed by atoms with Crippen molar-refractivity contribution in [3.05, 3.63) is 83.8 Å². The summed E-state index contributed by atoms with van der Waals surface area (Å²) in [6, 6.07) is 14.5. The van der Waals surface area contributed by atoms with Crippen LogP contribution in [0.4, 0.5) is 4.39 Å². The summed E-state index contributed by atoms with van der Waals surface area (Å²) >= 11 is 0. The highest BCUT2D eigenvalue weighted by molar-refractivity contribution is 6.01. The minimum absolute atomic E-state index is 0.286. The van der Waals surface area contributed by atoms with Crippen LogP contribution in [0.1, 0.15) is 22.8 Å². The van der Waals surface area contributed by atoms with Crippen LogP contribution in [0.25, 0.3) is 17.0 Å². The van der Waals surface area contributed by atoms with Crippen LogP contribution in [-0.2, 0) is 9.53 Å². The third-order valence-corrected chi connectivity index (χ3v) is 3.85. The second-order valence-corrected chi connectivity index (χ2v) is 5.71. The van der Waals surface area contributed by atoms with E-state index < -0.39 is 23.7 Å². The molecule has 1 heterocycles. The van der Waals surface area contributed by atoms with Crippen LogP contribution in [0, 0.1) is 5.82 Å². The average molecular weight is 349 g/mol. The molecular formula is C21H16FNO3. The van der Waals surface area contributed by atoms with E-state index in [1.165, 1.54) is 37.3 Å². The van der Waals surface area contributed by atoms with Gasteiger partial charge in [0.25, 0.3) is 0 Å². The number of fused-ring (bicyclic) bond motifs is 1. The van der Waals surface area contributed by atoms with E-state index in [-0.39, 0.29) is 5.56 Å². The number of carbonyl (C=O) groups is 2. The number of Topliss-reactive ketones (excluding diaryl/α,β-unsaturated/α-hetero) is 1. The zero-order valence-corrected chi connectivity index (χ0v) is 14.1. The van der Waals surface area contributed by atoms with Crippen LogP contribution in [0.5, 0.6) is 0 Å². The van der Waals surface area contributed by atoms with Gasteiger partial charge in [-0.3, -0.25) is 9.78 Å². The number of ketones is 1. The van der Waals surface area contributed by atoms with Crippen LogP contribution in [-0.4, -0.2) is 22.8 Å². The molecule has 0 unspecified atom stereocenters. The van der Waals surface area contributed by atoms with Crippen molar-refractivity contribution in [1.82, 2.24) is 4.98 Å². The van der Waals surface area contributed by atoms with E-state index in [2.05, 4.69) is 4.98 Å². The Morgan fingerprint density at radius 1 is 1.08 bits per heavy atom. The Morgan fingerprint density at radius 3 is 2.58 bits per heavy atom. The first-order valence-corrected chi connectivity index (χ1v) is 8.07. The quantitative estimate of drug-likeness (QED) is 0.393. The standard InChI is InChI=1S/C21H16FNO3/c1-14(21(25)17-7-10-18(22)11-8-17)26-19(24)12-9-16-5-2-4-15-6-3-13-23-20(15)16/h2-14H,1H3/b12-9-/t14-/m1/s1. The second kappa shape index (κ2) is 7.70. The molecule has 0 fully saturated rings. The highest BCUT2D eigenvalue weighted by Crippen LogP contribution is 2.17. The molecule has 0 radical (unpaired) electrons. The Hall–Kier alpha value is -3.34. The number of hydrogen-bond donors (Lipinski definition) is 0. The number of esters is 1. The fraction of sp³-hybridized carbons (Fsp3) is 0.0952. The van der Waals surface area contributed by atoms with Gasteiger partial charge in [0.15, 0.2) is 6.10 Å². The Labute approximate surface area is 149 Å². The number of rotatable bonds is 5. The molecule has 0 saturated heterocycles. The summed E-state index contributed by atoms with van der Waals surface area (Å²) in [5.41, 5.74) is 1.83. The Morgan fingerprint density at radius 2 is 1.81 bits per heavy atom. The van der Waals surface area contributed by atoms with Gasteiger partial charge in [0.2, 0.25) is 5.78 Å². The molecule has 0 aliphatic heterocycles. The number of hydrogen-bond acceptors (Lipinski definition) is 4. The van der Waals surface area contributed by atoms with E-state index >= 15 is 0 Å². The van der Waals surface area contributed by atoms with Crippen LogP contribution < -0.4 is 0 Å². The first-order chi connectivity index (χ1) is 12.5. The van der Waals surface area contributed by atoms with Crippen molar-refractivity contribution in [3.8, 4) is 0 Å². The van der Waals surface area contributed by atoms with E-state index in [0.29, 0.717) is 0 Å². The molecule has 130 valence electrons. The molecule has 4 nitrogen and oxygen atoms in total. The van der Waals surface area contributed by atoms with E-state index in [0.717, 1.165) is 16.5 Å². The monoisotopic (exact) mass is 349 g/mol. The summed E-state index contributed by atoms with van der Waals surface area (Å²) < 4.78 is 18.1. The molecule has 1 atom stereocenters. The molecule has 26 heavy (non-hydrogen) atoms. The first-order valence-electron chi connectivity index (χ1n) is 8.07. The lowest BCUT2D eigenvalue weighted by atomic mass is 10.1. The molecule has 0 bridgehead atoms. The molecule has 0 aliphatic carbocycles. The number of aromatic nitrogens is 1. The van der Waals surface area contributed by atoms with Crippen molar-refractivity contribution in [2.75, 3.05) is 0 Å². The van der Waals surface area contributed by atoms with Crippen molar-refractivity contribution in [2.45, 2.75) is 13.0 Å². The van der Waals surface area contributed by atoms with Gasteiger partial charge in [0.05, 0.1) is 5.52 Å². The van der Waals surface area contributed by atoms with Gasteiger partial charge in [-0.1, -0.05) is 24.3 Å². The van der Waals surface area contributed by atoms with Crippen LogP contribution in [0.3, 0.4) is 0 Å². The molecule has 0 N–H and O–H groups in total. The van der Waals surface area contributed by atoms with Crippen molar-refractivity contribution in [2.24, 2.45) is 0 Å². The Kier molecular flexibility index (Phi) is 5.17. The number of nitrogens with zero attached hydrogens (tertiary/aromatic N) is 1. The summed E-state index contributed by atoms with van der Waals surface area (Å²) in [5.74, 6) is -1.46. The van der Waals surface area contributed by atoms with Gasteiger partial charge in [-0.2, -0.15) is 0 Å². The van der Waals surface area contributed by atoms with Crippen molar-refractivity contribution >= 4 is 28.7 Å². The number of pyridine rings is 1. The fourth-order valence-electron chi connectivity index (χ4n) is 2.54. The van der Waals surface area contributed by atoms with Gasteiger partial charge >= 0.3 is 5.97 Å². The summed E-state index contributed by atoms with van der Waals surface area (Å²) in [6.45, 7) is 1.48. The van der Waals surface area contributed by atoms with Crippen molar-refractivity contribution in [3.63, 3.8) is 0 Å². The maximum atomic E-state index is 12.9. The molecule has 3 aromatic rings. The molecule has 0 spiro atoms. The molecule has 3 rings (SSSR count). The maximum absolute atomic E-state index is 12.9. The van der Waals surface area contributed by atoms with E-state index in [9.17, 15) is 14.0 Å². The second-order valence-electron chi connectivity index (χ2n) is 5.71. The van der Waals surface area contributed by atoms with E-state index in [1.807, 2.05) is 30.3 Å². The van der Waals surface area contributed by atoms with Gasteiger partial charge in [-0.15, -0.1) is 0 Å². The summed E-state index contributed by atoms with van der Waals surface area (Å²) in [4.78, 5) is 28.5. The van der Waals surface area contributed by atoms with E-state index in [1.54, 1.807) is 12.3 Å². The minimum atomic E-state index is -0.969. The SMILES string of the molecule is C[C@@H](OC(=O)/C=C\c1cccc2cccnc12)C(=O)c1ccc(F)cc1. The fourth-order valence-corrected chi connectivity index (χ4v) is 2.54. The van der Waals surface area contributed by atoms with Crippen molar-refractivity contribution in [1.29, 1.82) is 0 Å². The highest BCUT2D eigenvalue weighted by Gasteiger charge is 2.18. The third kappa shape index (κ3) is 4.00. The zero-order chi connectivity index (χ0) is 18.5. The average Bonchev–Trinajstić information content (AvgIpc) is 2.66. The number of para-hydroxylation sites is 1. The first kappa shape index (κ1) is 17.5. The number of carbonyl (C=O) groups excluding carboxylic acids is 2. The lowest BCUT2D eigenvalue weighted by molar-refractivity contribution is -0.140. The molecule has 5 heteroatoms. The number of benzene rings is 2. The van der Waals surface area contributed by atoms with Crippen molar-refractivity contribution < 1.29 is 18.7 Å². The number of ether oxygens (including phenoxy) is 1. The molecule has 0 aliphatic rings. The Bertz CT molecular complexity index is 975. The van der Waals surface area contributed by atoms with E-state index in [4.69, 9.17) is 4.74 Å². The lowest BCUT2D eigenvalue weighted by Gasteiger charge is -2.10. The normalized spacial score (nSPS) is 12.2. The summed E-state index contributed by atoms with van der Waals surface area (Å²) in [6.07, 6.45) is 3.58. The maximum Gasteiger partial charge on any atom is 0.331 e. The van der Waals surface area contributed by atoms with Crippen LogP contribution >= 0.6 is 0 Å². The van der Waals surface area contributed by atoms with Crippen LogP contribution in [0.15, 0.2) is 66.9 Å². The van der Waals surface area contributed by atoms with Gasteiger partial charge < -0.3 is 4.74 Å². The zero-order valence-electron chi connectivity index (χ0n) is 14.1. The number of halogens is 1. The summed E-state index contributed by atoms with van der Waals surface area (Å²) in [7, 11) is 0. The van der Waals surface area contributed by atoms with Gasteiger partial charge in [-0.25, -0.2) is 9.18 Å². The van der Waals surface area contributed by atoms with Gasteiger partial charge in [0.1, 0.15) is 5.82 Å². The predicted molar refractivity (Wildman–Crippen MR) is 97.1 cm³/mol. The van der Waals surface area contributed by atoms with Gasteiger partial charge in [0, 0.05) is 28.8 Å². The molecule has 2 aromatic carbocycles. The lowest BCUT2D eigenvalue weighted by Crippen LogP contribution is -2.23.